The summed E-state index contributed by atoms with van der Waals surface area (Å²) in [5.41, 5.74) is 0. The minimum atomic E-state index is 0.799. The molecule has 0 aromatic rings. The number of hydrogen-bond donors (Lipinski definition) is 1. The van der Waals surface area contributed by atoms with Crippen molar-refractivity contribution in [3.05, 3.63) is 0 Å². The van der Waals surface area contributed by atoms with Gasteiger partial charge in [-0.2, -0.15) is 0 Å². The zero-order chi connectivity index (χ0) is 12.1. The highest BCUT2D eigenvalue weighted by Crippen LogP contribution is 2.17. The Balaban J connectivity index is 1.69. The van der Waals surface area contributed by atoms with Crippen LogP contribution in [0.5, 0.6) is 0 Å². The fraction of sp³-hybridized carbons (Fsp3) is 1.00. The Hall–Kier alpha value is -0.160. The minimum Gasteiger partial charge on any atom is -0.314 e. The third-order valence-corrected chi connectivity index (χ3v) is 3.99. The summed E-state index contributed by atoms with van der Waals surface area (Å²) in [7, 11) is 4.37. The smallest absolute Gasteiger partial charge is 0.0223 e. The third kappa shape index (κ3) is 4.21. The molecule has 100 valence electrons. The number of hydrogen-bond acceptors (Lipinski definition) is 4. The Kier molecular flexibility index (Phi) is 5.22. The first-order chi connectivity index (χ1) is 8.25. The van der Waals surface area contributed by atoms with Gasteiger partial charge in [0.15, 0.2) is 0 Å². The highest BCUT2D eigenvalue weighted by molar-refractivity contribution is 4.82. The predicted molar refractivity (Wildman–Crippen MR) is 72.5 cm³/mol. The molecule has 1 unspecified atom stereocenters. The molecule has 0 aromatic heterocycles. The first-order valence-corrected chi connectivity index (χ1v) is 7.07. The van der Waals surface area contributed by atoms with Crippen molar-refractivity contribution >= 4 is 0 Å². The standard InChI is InChI=1S/C13H28N4/c1-15(2)12-13-4-3-7-17(13)11-10-16-8-5-14-6-9-16/h13-14H,3-12H2,1-2H3. The molecule has 0 aromatic carbocycles. The molecule has 2 heterocycles. The third-order valence-electron chi connectivity index (χ3n) is 3.99. The van der Waals surface area contributed by atoms with E-state index in [1.807, 2.05) is 0 Å². The van der Waals surface area contributed by atoms with E-state index >= 15 is 0 Å². The van der Waals surface area contributed by atoms with Crippen LogP contribution in [-0.2, 0) is 0 Å². The maximum atomic E-state index is 3.42. The van der Waals surface area contributed by atoms with E-state index in [4.69, 9.17) is 0 Å². The zero-order valence-corrected chi connectivity index (χ0v) is 11.5. The summed E-state index contributed by atoms with van der Waals surface area (Å²) in [6.45, 7) is 9.84. The van der Waals surface area contributed by atoms with Crippen LogP contribution in [0.15, 0.2) is 0 Å². The quantitative estimate of drug-likeness (QED) is 0.725. The Bertz CT molecular complexity index is 213. The summed E-state index contributed by atoms with van der Waals surface area (Å²) in [6, 6.07) is 0.799. The van der Waals surface area contributed by atoms with Gasteiger partial charge in [-0.05, 0) is 33.5 Å². The molecule has 0 saturated carbocycles. The van der Waals surface area contributed by atoms with Gasteiger partial charge in [0, 0.05) is 51.9 Å². The van der Waals surface area contributed by atoms with Gasteiger partial charge in [-0.25, -0.2) is 0 Å². The van der Waals surface area contributed by atoms with Gasteiger partial charge in [0.05, 0.1) is 0 Å². The van der Waals surface area contributed by atoms with E-state index < -0.39 is 0 Å². The number of piperazine rings is 1. The maximum Gasteiger partial charge on any atom is 0.0223 e. The van der Waals surface area contributed by atoms with Gasteiger partial charge in [0.2, 0.25) is 0 Å². The molecule has 2 aliphatic rings. The summed E-state index contributed by atoms with van der Waals surface area (Å²) >= 11 is 0. The number of likely N-dealkylation sites (tertiary alicyclic amines) is 1. The normalized spacial score (nSPS) is 28.1. The van der Waals surface area contributed by atoms with Crippen molar-refractivity contribution < 1.29 is 0 Å². The molecule has 0 radical (unpaired) electrons. The average Bonchev–Trinajstić information content (AvgIpc) is 2.74. The molecule has 0 spiro atoms. The van der Waals surface area contributed by atoms with Gasteiger partial charge in [-0.15, -0.1) is 0 Å². The molecule has 0 amide bonds. The number of rotatable bonds is 5. The molecule has 17 heavy (non-hydrogen) atoms. The van der Waals surface area contributed by atoms with Crippen LogP contribution < -0.4 is 5.32 Å². The lowest BCUT2D eigenvalue weighted by Crippen LogP contribution is -2.47. The van der Waals surface area contributed by atoms with Gasteiger partial charge in [0.25, 0.3) is 0 Å². The van der Waals surface area contributed by atoms with Crippen LogP contribution in [0.4, 0.5) is 0 Å². The first-order valence-electron chi connectivity index (χ1n) is 7.07. The van der Waals surface area contributed by atoms with Crippen LogP contribution in [-0.4, -0.2) is 87.2 Å². The number of likely N-dealkylation sites (N-methyl/N-ethyl adjacent to an activating group) is 1. The highest BCUT2D eigenvalue weighted by atomic mass is 15.3. The van der Waals surface area contributed by atoms with Gasteiger partial charge < -0.3 is 10.2 Å². The minimum absolute atomic E-state index is 0.799. The number of nitrogens with one attached hydrogen (secondary N) is 1. The Morgan fingerprint density at radius 1 is 1.12 bits per heavy atom. The second-order valence-corrected chi connectivity index (χ2v) is 5.69. The summed E-state index contributed by atoms with van der Waals surface area (Å²) in [5, 5.41) is 3.42. The van der Waals surface area contributed by atoms with Crippen LogP contribution in [0.1, 0.15) is 12.8 Å². The second kappa shape index (κ2) is 6.69. The van der Waals surface area contributed by atoms with Crippen LogP contribution in [0.25, 0.3) is 0 Å². The van der Waals surface area contributed by atoms with E-state index in [1.54, 1.807) is 0 Å². The summed E-state index contributed by atoms with van der Waals surface area (Å²) in [6.07, 6.45) is 2.78. The summed E-state index contributed by atoms with van der Waals surface area (Å²) in [5.74, 6) is 0. The summed E-state index contributed by atoms with van der Waals surface area (Å²) < 4.78 is 0. The van der Waals surface area contributed by atoms with Gasteiger partial charge in [-0.3, -0.25) is 9.80 Å². The fourth-order valence-corrected chi connectivity index (χ4v) is 3.02. The molecular weight excluding hydrogens is 212 g/mol. The molecule has 2 aliphatic heterocycles. The van der Waals surface area contributed by atoms with Crippen molar-refractivity contribution in [2.24, 2.45) is 0 Å². The summed E-state index contributed by atoms with van der Waals surface area (Å²) in [4.78, 5) is 7.62. The molecule has 4 nitrogen and oxygen atoms in total. The molecule has 0 aliphatic carbocycles. The zero-order valence-electron chi connectivity index (χ0n) is 11.5. The van der Waals surface area contributed by atoms with Crippen LogP contribution in [0.2, 0.25) is 0 Å². The van der Waals surface area contributed by atoms with E-state index in [2.05, 4.69) is 34.1 Å². The van der Waals surface area contributed by atoms with Crippen molar-refractivity contribution in [1.29, 1.82) is 0 Å². The van der Waals surface area contributed by atoms with Crippen molar-refractivity contribution in [2.75, 3.05) is 66.5 Å². The molecule has 1 N–H and O–H groups in total. The Morgan fingerprint density at radius 3 is 2.59 bits per heavy atom. The van der Waals surface area contributed by atoms with Crippen LogP contribution >= 0.6 is 0 Å². The molecule has 1 atom stereocenters. The SMILES string of the molecule is CN(C)CC1CCCN1CCN1CCNCC1. The predicted octanol–water partition coefficient (Wildman–Crippen LogP) is -0.0824. The van der Waals surface area contributed by atoms with Crippen LogP contribution in [0, 0.1) is 0 Å². The highest BCUT2D eigenvalue weighted by Gasteiger charge is 2.25. The van der Waals surface area contributed by atoms with Crippen molar-refractivity contribution in [1.82, 2.24) is 20.0 Å². The lowest BCUT2D eigenvalue weighted by atomic mass is 10.2. The lowest BCUT2D eigenvalue weighted by molar-refractivity contribution is 0.163. The van der Waals surface area contributed by atoms with Crippen LogP contribution in [0.3, 0.4) is 0 Å². The van der Waals surface area contributed by atoms with E-state index in [-0.39, 0.29) is 0 Å². The molecular formula is C13H28N4. The van der Waals surface area contributed by atoms with E-state index in [0.29, 0.717) is 0 Å². The van der Waals surface area contributed by atoms with E-state index in [9.17, 15) is 0 Å². The number of nitrogens with zero attached hydrogens (tertiary/aromatic N) is 3. The Labute approximate surface area is 106 Å². The van der Waals surface area contributed by atoms with Gasteiger partial charge in [-0.1, -0.05) is 0 Å². The largest absolute Gasteiger partial charge is 0.314 e. The first kappa shape index (κ1) is 13.3. The van der Waals surface area contributed by atoms with Crippen molar-refractivity contribution in [3.63, 3.8) is 0 Å². The van der Waals surface area contributed by atoms with Gasteiger partial charge >= 0.3 is 0 Å². The van der Waals surface area contributed by atoms with Crippen molar-refractivity contribution in [3.8, 4) is 0 Å². The average molecular weight is 240 g/mol. The van der Waals surface area contributed by atoms with Crippen molar-refractivity contribution in [2.45, 2.75) is 18.9 Å². The second-order valence-electron chi connectivity index (χ2n) is 5.69. The molecule has 2 fully saturated rings. The molecule has 4 heteroatoms. The van der Waals surface area contributed by atoms with E-state index in [1.165, 1.54) is 65.2 Å². The fourth-order valence-electron chi connectivity index (χ4n) is 3.02. The lowest BCUT2D eigenvalue weighted by Gasteiger charge is -2.32. The Morgan fingerprint density at radius 2 is 1.88 bits per heavy atom. The molecule has 2 rings (SSSR count). The molecule has 2 saturated heterocycles. The van der Waals surface area contributed by atoms with Gasteiger partial charge in [0.1, 0.15) is 0 Å². The molecule has 0 bridgehead atoms. The monoisotopic (exact) mass is 240 g/mol. The van der Waals surface area contributed by atoms with E-state index in [0.717, 1.165) is 6.04 Å². The maximum absolute atomic E-state index is 3.42. The topological polar surface area (TPSA) is 21.8 Å².